The van der Waals surface area contributed by atoms with Gasteiger partial charge in [-0.15, -0.1) is 0 Å². The molecule has 14 heteroatoms. The molecule has 9 rings (SSSR count). The summed E-state index contributed by atoms with van der Waals surface area (Å²) < 4.78 is 9.77. The highest BCUT2D eigenvalue weighted by molar-refractivity contribution is 6.01. The highest BCUT2D eigenvalue weighted by Crippen LogP contribution is 2.57. The minimum absolute atomic E-state index is 0.127. The van der Waals surface area contributed by atoms with E-state index in [-0.39, 0.29) is 57.1 Å². The summed E-state index contributed by atoms with van der Waals surface area (Å²) in [7, 11) is 2.57. The number of fused-ring (bicyclic) bond motifs is 2. The van der Waals surface area contributed by atoms with E-state index in [2.05, 4.69) is 73.2 Å². The number of anilines is 2. The third kappa shape index (κ3) is 9.91. The minimum Gasteiger partial charge on any atom is -0.453 e. The summed E-state index contributed by atoms with van der Waals surface area (Å²) in [6.07, 6.45) is 11.6. The van der Waals surface area contributed by atoms with E-state index in [1.165, 1.54) is 47.6 Å². The van der Waals surface area contributed by atoms with Crippen molar-refractivity contribution in [1.82, 2.24) is 20.4 Å². The summed E-state index contributed by atoms with van der Waals surface area (Å²) in [5.74, 6) is -1.39. The Balaban J connectivity index is 1.04. The van der Waals surface area contributed by atoms with Gasteiger partial charge in [-0.3, -0.25) is 19.2 Å². The summed E-state index contributed by atoms with van der Waals surface area (Å²) in [5, 5.41) is 12.0. The largest absolute Gasteiger partial charge is 0.453 e. The van der Waals surface area contributed by atoms with Crippen LogP contribution >= 0.6 is 0 Å². The van der Waals surface area contributed by atoms with Crippen molar-refractivity contribution in [3.05, 3.63) is 70.8 Å². The average Bonchev–Trinajstić information content (AvgIpc) is 4.25. The molecular weight excluding hydrogens is 933 g/mol. The molecule has 0 unspecified atom stereocenters. The Hall–Kier alpha value is -5.92. The Morgan fingerprint density at radius 1 is 0.554 bits per heavy atom. The summed E-state index contributed by atoms with van der Waals surface area (Å²) in [6, 6.07) is 13.4. The number of nitrogens with one attached hydrogen (secondary N) is 4. The molecule has 2 aliphatic heterocycles. The molecule has 2 heterocycles. The maximum Gasteiger partial charge on any atom is 0.407 e. The molecule has 2 saturated heterocycles. The third-order valence-corrected chi connectivity index (χ3v) is 18.2. The number of alkyl carbamates (subject to hydrolysis) is 2. The molecule has 6 aliphatic rings. The summed E-state index contributed by atoms with van der Waals surface area (Å²) in [5.41, 5.74) is 10.6. The number of rotatable bonds is 12. The summed E-state index contributed by atoms with van der Waals surface area (Å²) >= 11 is 0. The highest BCUT2D eigenvalue weighted by Gasteiger charge is 2.53. The Labute approximate surface area is 438 Å². The molecule has 74 heavy (non-hydrogen) atoms. The van der Waals surface area contributed by atoms with E-state index in [9.17, 15) is 28.8 Å². The van der Waals surface area contributed by atoms with Crippen LogP contribution in [0.25, 0.3) is 22.3 Å². The maximum absolute atomic E-state index is 14.6. The van der Waals surface area contributed by atoms with Gasteiger partial charge in [0.2, 0.25) is 23.6 Å². The fraction of sp³-hybridized carbons (Fsp3) is 0.600. The molecule has 3 aromatic carbocycles. The van der Waals surface area contributed by atoms with E-state index in [0.717, 1.165) is 88.2 Å². The molecule has 4 fully saturated rings. The number of nitrogens with zero attached hydrogens (tertiary/aromatic N) is 2. The van der Waals surface area contributed by atoms with Crippen LogP contribution in [0.1, 0.15) is 155 Å². The summed E-state index contributed by atoms with van der Waals surface area (Å²) in [4.78, 5) is 86.2. The molecule has 0 bridgehead atoms. The van der Waals surface area contributed by atoms with Crippen molar-refractivity contribution >= 4 is 47.2 Å². The van der Waals surface area contributed by atoms with Crippen LogP contribution in [0.5, 0.6) is 0 Å². The fourth-order valence-corrected chi connectivity index (χ4v) is 14.3. The second kappa shape index (κ2) is 20.3. The van der Waals surface area contributed by atoms with Gasteiger partial charge in [-0.05, 0) is 166 Å². The van der Waals surface area contributed by atoms with Gasteiger partial charge in [-0.1, -0.05) is 105 Å². The van der Waals surface area contributed by atoms with Crippen LogP contribution in [-0.2, 0) is 52.3 Å². The van der Waals surface area contributed by atoms with Gasteiger partial charge in [-0.2, -0.15) is 0 Å². The van der Waals surface area contributed by atoms with Crippen LogP contribution in [-0.4, -0.2) is 97.1 Å². The number of methoxy groups -OCH3 is 2. The quantitative estimate of drug-likeness (QED) is 0.139. The second-order valence-corrected chi connectivity index (χ2v) is 24.9. The Morgan fingerprint density at radius 2 is 0.919 bits per heavy atom. The van der Waals surface area contributed by atoms with Crippen LogP contribution in [0.4, 0.5) is 21.0 Å². The first kappa shape index (κ1) is 52.9. The maximum atomic E-state index is 14.6. The monoisotopic (exact) mass is 1010 g/mol. The smallest absolute Gasteiger partial charge is 0.407 e. The average molecular weight is 1010 g/mol. The van der Waals surface area contributed by atoms with E-state index in [0.29, 0.717) is 37.3 Å². The SMILES string of the molecule is COC(=O)N[C@H](C(=O)N1CC2(CCCC2)C[C@H]1C(=O)Nc1cccc(-c2c3c(c(-c4cccc(NC(=O)[C@@H]5CC6(CCCC6)CN5C(=O)[C@@H](NC(=O)OC)C(C)C)c4)c4c2C(C)(C)CC4)C(C)(C)CC3)c1)C(C)C. The highest BCUT2D eigenvalue weighted by atomic mass is 16.5. The first-order valence-corrected chi connectivity index (χ1v) is 27.5. The molecule has 0 aromatic heterocycles. The van der Waals surface area contributed by atoms with Crippen LogP contribution in [0.3, 0.4) is 0 Å². The Kier molecular flexibility index (Phi) is 14.5. The number of hydrogen-bond acceptors (Lipinski definition) is 8. The predicted molar refractivity (Wildman–Crippen MR) is 288 cm³/mol. The van der Waals surface area contributed by atoms with Gasteiger partial charge in [0.25, 0.3) is 0 Å². The van der Waals surface area contributed by atoms with Crippen molar-refractivity contribution in [3.63, 3.8) is 0 Å². The molecule has 4 aliphatic carbocycles. The Morgan fingerprint density at radius 3 is 1.26 bits per heavy atom. The number of carbonyl (C=O) groups is 6. The molecule has 6 amide bonds. The lowest BCUT2D eigenvalue weighted by Crippen LogP contribution is -2.54. The normalized spacial score (nSPS) is 22.4. The standard InChI is InChI=1S/C60H80N6O8/c1-35(2)49(63-55(71)73-9)53(69)65-33-59(23-11-12-24-59)31-43(65)51(67)61-39-19-15-17-37(29-39)45-41-21-27-58(7,8)48(41)46(42-22-28-57(5,6)47(42)45)38-18-16-20-40(30-38)62-52(68)44-32-60(25-13-14-26-60)34-66(44)54(70)50(36(3)4)64-56(72)74-10/h15-20,29-30,35-36,43-44,49-50H,11-14,21-28,31-34H2,1-10H3,(H,61,67)(H,62,68)(H,63,71)(H,64,72)/t43-,44-,49-,50-/m0/s1. The fourth-order valence-electron chi connectivity index (χ4n) is 14.3. The molecule has 2 spiro atoms. The second-order valence-electron chi connectivity index (χ2n) is 24.9. The van der Waals surface area contributed by atoms with E-state index >= 15 is 0 Å². The van der Waals surface area contributed by atoms with E-state index in [1.807, 2.05) is 52.0 Å². The lowest BCUT2D eigenvalue weighted by molar-refractivity contribution is -0.139. The van der Waals surface area contributed by atoms with E-state index in [4.69, 9.17) is 9.47 Å². The molecule has 4 atom stereocenters. The van der Waals surface area contributed by atoms with Gasteiger partial charge in [0.15, 0.2) is 0 Å². The van der Waals surface area contributed by atoms with Crippen molar-refractivity contribution in [2.75, 3.05) is 37.9 Å². The molecule has 2 saturated carbocycles. The molecular formula is C60H80N6O8. The lowest BCUT2D eigenvalue weighted by Gasteiger charge is -2.31. The third-order valence-electron chi connectivity index (χ3n) is 18.2. The lowest BCUT2D eigenvalue weighted by atomic mass is 9.73. The van der Waals surface area contributed by atoms with Crippen LogP contribution in [0, 0.1) is 22.7 Å². The van der Waals surface area contributed by atoms with Gasteiger partial charge in [0, 0.05) is 24.5 Å². The molecule has 14 nitrogen and oxygen atoms in total. The number of hydrogen-bond donors (Lipinski definition) is 4. The Bertz CT molecular complexity index is 2530. The van der Waals surface area contributed by atoms with Crippen LogP contribution in [0.15, 0.2) is 48.5 Å². The van der Waals surface area contributed by atoms with E-state index in [1.54, 1.807) is 9.80 Å². The molecule has 0 radical (unpaired) electrons. The van der Waals surface area contributed by atoms with Crippen molar-refractivity contribution in [2.24, 2.45) is 22.7 Å². The van der Waals surface area contributed by atoms with Gasteiger partial charge in [-0.25, -0.2) is 9.59 Å². The zero-order chi connectivity index (χ0) is 53.1. The topological polar surface area (TPSA) is 175 Å². The molecule has 398 valence electrons. The summed E-state index contributed by atoms with van der Waals surface area (Å²) in [6.45, 7) is 17.9. The van der Waals surface area contributed by atoms with Crippen molar-refractivity contribution < 1.29 is 38.2 Å². The number of likely N-dealkylation sites (tertiary alicyclic amines) is 2. The number of amides is 6. The zero-order valence-electron chi connectivity index (χ0n) is 45.6. The number of benzene rings is 3. The number of carbonyl (C=O) groups excluding carboxylic acids is 6. The van der Waals surface area contributed by atoms with Crippen molar-refractivity contribution in [2.45, 2.75) is 180 Å². The van der Waals surface area contributed by atoms with Gasteiger partial charge in [0.05, 0.1) is 14.2 Å². The van der Waals surface area contributed by atoms with Gasteiger partial charge >= 0.3 is 12.2 Å². The minimum atomic E-state index is -0.829. The predicted octanol–water partition coefficient (Wildman–Crippen LogP) is 10.4. The van der Waals surface area contributed by atoms with Crippen molar-refractivity contribution in [3.8, 4) is 22.3 Å². The van der Waals surface area contributed by atoms with Crippen LogP contribution in [0.2, 0.25) is 0 Å². The molecule has 3 aromatic rings. The van der Waals surface area contributed by atoms with E-state index < -0.39 is 36.4 Å². The first-order chi connectivity index (χ1) is 35.1. The molecule has 4 N–H and O–H groups in total. The number of ether oxygens (including phenoxy) is 2. The zero-order valence-corrected chi connectivity index (χ0v) is 45.6. The first-order valence-electron chi connectivity index (χ1n) is 27.5. The van der Waals surface area contributed by atoms with Crippen molar-refractivity contribution in [1.29, 1.82) is 0 Å². The van der Waals surface area contributed by atoms with Gasteiger partial charge in [0.1, 0.15) is 24.2 Å². The van der Waals surface area contributed by atoms with Gasteiger partial charge < -0.3 is 40.5 Å². The van der Waals surface area contributed by atoms with Crippen LogP contribution < -0.4 is 21.3 Å².